The van der Waals surface area contributed by atoms with Crippen molar-refractivity contribution in [1.82, 2.24) is 4.98 Å². The Morgan fingerprint density at radius 2 is 2.45 bits per heavy atom. The Morgan fingerprint density at radius 1 is 1.64 bits per heavy atom. The summed E-state index contributed by atoms with van der Waals surface area (Å²) in [5, 5.41) is 8.41. The molecule has 0 atom stereocenters. The predicted molar refractivity (Wildman–Crippen MR) is 40.1 cm³/mol. The van der Waals surface area contributed by atoms with Gasteiger partial charge in [0.15, 0.2) is 0 Å². The van der Waals surface area contributed by atoms with Crippen molar-refractivity contribution in [2.24, 2.45) is 0 Å². The Morgan fingerprint density at radius 3 is 2.91 bits per heavy atom. The zero-order valence-corrected chi connectivity index (χ0v) is 6.24. The lowest BCUT2D eigenvalue weighted by molar-refractivity contribution is 0.339. The fraction of sp³-hybridized carbons (Fsp3) is 0.250. The fourth-order valence-electron chi connectivity index (χ4n) is 0.698. The van der Waals surface area contributed by atoms with Crippen LogP contribution in [-0.4, -0.2) is 11.6 Å². The normalized spacial score (nSPS) is 8.73. The molecule has 0 saturated heterocycles. The molecule has 0 spiro atoms. The van der Waals surface area contributed by atoms with E-state index in [2.05, 4.69) is 4.98 Å². The molecule has 0 aromatic carbocycles. The standard InChI is InChI=1S/C8H8N2O/c1-2-11-8-4-3-7(5-9)10-6-8/h3-4,6H,2H2,1H3. The molecule has 0 aliphatic carbocycles. The highest BCUT2D eigenvalue weighted by atomic mass is 16.5. The van der Waals surface area contributed by atoms with Gasteiger partial charge in [-0.1, -0.05) is 0 Å². The summed E-state index contributed by atoms with van der Waals surface area (Å²) >= 11 is 0. The van der Waals surface area contributed by atoms with E-state index in [1.807, 2.05) is 13.0 Å². The number of rotatable bonds is 2. The van der Waals surface area contributed by atoms with E-state index >= 15 is 0 Å². The zero-order valence-electron chi connectivity index (χ0n) is 6.24. The summed E-state index contributed by atoms with van der Waals surface area (Å²) in [6.07, 6.45) is 1.54. The van der Waals surface area contributed by atoms with Crippen molar-refractivity contribution in [3.05, 3.63) is 24.0 Å². The maximum atomic E-state index is 8.41. The lowest BCUT2D eigenvalue weighted by atomic mass is 10.4. The Balaban J connectivity index is 2.76. The van der Waals surface area contributed by atoms with Crippen LogP contribution in [0.1, 0.15) is 12.6 Å². The quantitative estimate of drug-likeness (QED) is 0.636. The molecule has 0 saturated carbocycles. The molecule has 0 bridgehead atoms. The van der Waals surface area contributed by atoms with Gasteiger partial charge in [-0.3, -0.25) is 0 Å². The third kappa shape index (κ3) is 1.94. The van der Waals surface area contributed by atoms with Crippen LogP contribution in [-0.2, 0) is 0 Å². The van der Waals surface area contributed by atoms with Crippen molar-refractivity contribution < 1.29 is 4.74 Å². The van der Waals surface area contributed by atoms with Crippen LogP contribution in [0.3, 0.4) is 0 Å². The summed E-state index contributed by atoms with van der Waals surface area (Å²) in [5.41, 5.74) is 0.411. The van der Waals surface area contributed by atoms with E-state index in [-0.39, 0.29) is 0 Å². The number of pyridine rings is 1. The number of nitriles is 1. The molecule has 1 aromatic heterocycles. The number of hydrogen-bond acceptors (Lipinski definition) is 3. The van der Waals surface area contributed by atoms with Crippen molar-refractivity contribution in [1.29, 1.82) is 5.26 Å². The van der Waals surface area contributed by atoms with E-state index in [0.717, 1.165) is 0 Å². The molecule has 1 rings (SSSR count). The first kappa shape index (κ1) is 7.55. The lowest BCUT2D eigenvalue weighted by Gasteiger charge is -1.99. The molecule has 0 aliphatic rings. The van der Waals surface area contributed by atoms with Gasteiger partial charge in [0, 0.05) is 0 Å². The second-order valence-electron chi connectivity index (χ2n) is 1.92. The highest BCUT2D eigenvalue weighted by molar-refractivity contribution is 5.26. The highest BCUT2D eigenvalue weighted by Gasteiger charge is 1.92. The first-order chi connectivity index (χ1) is 5.36. The fourth-order valence-corrected chi connectivity index (χ4v) is 0.698. The van der Waals surface area contributed by atoms with E-state index < -0.39 is 0 Å². The molecule has 0 unspecified atom stereocenters. The maximum absolute atomic E-state index is 8.41. The minimum atomic E-state index is 0.411. The van der Waals surface area contributed by atoms with Gasteiger partial charge >= 0.3 is 0 Å². The summed E-state index contributed by atoms with van der Waals surface area (Å²) < 4.78 is 5.13. The van der Waals surface area contributed by atoms with Crippen molar-refractivity contribution in [2.45, 2.75) is 6.92 Å². The van der Waals surface area contributed by atoms with Gasteiger partial charge in [-0.15, -0.1) is 0 Å². The van der Waals surface area contributed by atoms with Crippen LogP contribution < -0.4 is 4.74 Å². The van der Waals surface area contributed by atoms with Crippen LogP contribution in [0.15, 0.2) is 18.3 Å². The number of hydrogen-bond donors (Lipinski definition) is 0. The summed E-state index contributed by atoms with van der Waals surface area (Å²) in [7, 11) is 0. The first-order valence-electron chi connectivity index (χ1n) is 3.35. The van der Waals surface area contributed by atoms with Crippen molar-refractivity contribution in [2.75, 3.05) is 6.61 Å². The van der Waals surface area contributed by atoms with Gasteiger partial charge in [-0.25, -0.2) is 4.98 Å². The minimum Gasteiger partial charge on any atom is -0.492 e. The van der Waals surface area contributed by atoms with Crippen molar-refractivity contribution in [3.63, 3.8) is 0 Å². The smallest absolute Gasteiger partial charge is 0.140 e. The van der Waals surface area contributed by atoms with E-state index in [9.17, 15) is 0 Å². The van der Waals surface area contributed by atoms with E-state index in [1.54, 1.807) is 18.3 Å². The summed E-state index contributed by atoms with van der Waals surface area (Å²) in [6.45, 7) is 2.52. The van der Waals surface area contributed by atoms with Crippen molar-refractivity contribution >= 4 is 0 Å². The van der Waals surface area contributed by atoms with Gasteiger partial charge in [0.05, 0.1) is 12.8 Å². The molecule has 0 fully saturated rings. The van der Waals surface area contributed by atoms with Crippen LogP contribution in [0.5, 0.6) is 5.75 Å². The van der Waals surface area contributed by atoms with Gasteiger partial charge in [-0.2, -0.15) is 5.26 Å². The van der Waals surface area contributed by atoms with Gasteiger partial charge in [0.1, 0.15) is 17.5 Å². The Labute approximate surface area is 65.3 Å². The predicted octanol–water partition coefficient (Wildman–Crippen LogP) is 1.35. The van der Waals surface area contributed by atoms with Gasteiger partial charge in [0.25, 0.3) is 0 Å². The summed E-state index contributed by atoms with van der Waals surface area (Å²) in [4.78, 5) is 3.83. The van der Waals surface area contributed by atoms with E-state index in [0.29, 0.717) is 18.1 Å². The van der Waals surface area contributed by atoms with Crippen LogP contribution >= 0.6 is 0 Å². The molecule has 0 amide bonds. The molecule has 3 nitrogen and oxygen atoms in total. The molecule has 3 heteroatoms. The topological polar surface area (TPSA) is 45.9 Å². The Kier molecular flexibility index (Phi) is 2.45. The maximum Gasteiger partial charge on any atom is 0.140 e. The third-order valence-corrected chi connectivity index (χ3v) is 1.16. The highest BCUT2D eigenvalue weighted by Crippen LogP contribution is 2.07. The van der Waals surface area contributed by atoms with Crippen LogP contribution in [0.25, 0.3) is 0 Å². The summed E-state index contributed by atoms with van der Waals surface area (Å²) in [6, 6.07) is 5.29. The number of aromatic nitrogens is 1. The van der Waals surface area contributed by atoms with Gasteiger partial charge in [-0.05, 0) is 19.1 Å². The number of nitrogens with zero attached hydrogens (tertiary/aromatic N) is 2. The van der Waals surface area contributed by atoms with Crippen LogP contribution in [0.2, 0.25) is 0 Å². The summed E-state index contributed by atoms with van der Waals surface area (Å²) in [5.74, 6) is 0.700. The van der Waals surface area contributed by atoms with Crippen molar-refractivity contribution in [3.8, 4) is 11.8 Å². The molecule has 0 radical (unpaired) electrons. The molecule has 56 valence electrons. The molecular weight excluding hydrogens is 140 g/mol. The van der Waals surface area contributed by atoms with Crippen LogP contribution in [0, 0.1) is 11.3 Å². The molecule has 1 aromatic rings. The Hall–Kier alpha value is -1.56. The Bertz CT molecular complexity index is 260. The second kappa shape index (κ2) is 3.57. The lowest BCUT2D eigenvalue weighted by Crippen LogP contribution is -1.92. The van der Waals surface area contributed by atoms with E-state index in [1.165, 1.54) is 0 Å². The monoisotopic (exact) mass is 148 g/mol. The third-order valence-electron chi connectivity index (χ3n) is 1.16. The molecule has 1 heterocycles. The first-order valence-corrected chi connectivity index (χ1v) is 3.35. The van der Waals surface area contributed by atoms with Crippen LogP contribution in [0.4, 0.5) is 0 Å². The number of ether oxygens (including phenoxy) is 1. The van der Waals surface area contributed by atoms with Gasteiger partial charge < -0.3 is 4.74 Å². The molecular formula is C8H8N2O. The molecule has 0 aliphatic heterocycles. The molecule has 0 N–H and O–H groups in total. The minimum absolute atomic E-state index is 0.411. The average Bonchev–Trinajstić information content (AvgIpc) is 2.07. The second-order valence-corrected chi connectivity index (χ2v) is 1.92. The zero-order chi connectivity index (χ0) is 8.10. The van der Waals surface area contributed by atoms with E-state index in [4.69, 9.17) is 10.00 Å². The molecule has 11 heavy (non-hydrogen) atoms. The largest absolute Gasteiger partial charge is 0.492 e. The SMILES string of the molecule is CCOc1ccc(C#N)nc1. The average molecular weight is 148 g/mol. The van der Waals surface area contributed by atoms with Gasteiger partial charge in [0.2, 0.25) is 0 Å².